The third-order valence-corrected chi connectivity index (χ3v) is 3.65. The number of ether oxygens (including phenoxy) is 1. The summed E-state index contributed by atoms with van der Waals surface area (Å²) in [5, 5.41) is 8.73. The molecular formula is C18H12N2O4. The van der Waals surface area contributed by atoms with Gasteiger partial charge >= 0.3 is 5.97 Å². The first-order valence-corrected chi connectivity index (χ1v) is 7.20. The zero-order valence-electron chi connectivity index (χ0n) is 12.6. The van der Waals surface area contributed by atoms with Crippen molar-refractivity contribution in [1.29, 1.82) is 5.26 Å². The molecule has 0 radical (unpaired) electrons. The number of carbonyl (C=O) groups is 3. The van der Waals surface area contributed by atoms with Crippen LogP contribution in [0.5, 0.6) is 0 Å². The Balaban J connectivity index is 1.64. The van der Waals surface area contributed by atoms with Gasteiger partial charge in [-0.1, -0.05) is 24.3 Å². The largest absolute Gasteiger partial charge is 0.459 e. The standard InChI is InChI=1S/C18H12N2O4/c19-9-12-5-7-13(8-6-12)11-24-16(21)10-20-15-4-2-1-3-14(15)17(22)18(20)23/h1-8H,10-11H2. The summed E-state index contributed by atoms with van der Waals surface area (Å²) in [6, 6.07) is 15.2. The minimum atomic E-state index is -0.730. The molecule has 6 heteroatoms. The quantitative estimate of drug-likeness (QED) is 0.633. The van der Waals surface area contributed by atoms with Crippen molar-refractivity contribution < 1.29 is 19.1 Å². The molecule has 0 atom stereocenters. The van der Waals surface area contributed by atoms with Gasteiger partial charge in [0, 0.05) is 0 Å². The number of ketones is 1. The van der Waals surface area contributed by atoms with Gasteiger partial charge < -0.3 is 4.74 Å². The Hall–Kier alpha value is -3.46. The van der Waals surface area contributed by atoms with Crippen LogP contribution in [0.2, 0.25) is 0 Å². The lowest BCUT2D eigenvalue weighted by Crippen LogP contribution is -2.35. The molecule has 6 nitrogen and oxygen atoms in total. The van der Waals surface area contributed by atoms with Gasteiger partial charge in [-0.2, -0.15) is 5.26 Å². The molecule has 0 saturated heterocycles. The SMILES string of the molecule is N#Cc1ccc(COC(=O)CN2C(=O)C(=O)c3ccccc32)cc1. The fourth-order valence-electron chi connectivity index (χ4n) is 2.42. The van der Waals surface area contributed by atoms with E-state index in [-0.39, 0.29) is 13.2 Å². The minimum absolute atomic E-state index is 0.0299. The molecule has 0 N–H and O–H groups in total. The van der Waals surface area contributed by atoms with E-state index in [1.807, 2.05) is 6.07 Å². The number of rotatable bonds is 4. The van der Waals surface area contributed by atoms with E-state index in [0.29, 0.717) is 16.8 Å². The van der Waals surface area contributed by atoms with Crippen LogP contribution < -0.4 is 4.90 Å². The van der Waals surface area contributed by atoms with Crippen molar-refractivity contribution in [2.24, 2.45) is 0 Å². The summed E-state index contributed by atoms with van der Waals surface area (Å²) in [4.78, 5) is 36.9. The zero-order chi connectivity index (χ0) is 17.1. The number of anilines is 1. The number of carbonyl (C=O) groups excluding carboxylic acids is 3. The van der Waals surface area contributed by atoms with Crippen molar-refractivity contribution in [3.05, 3.63) is 65.2 Å². The van der Waals surface area contributed by atoms with Crippen LogP contribution in [0, 0.1) is 11.3 Å². The summed E-state index contributed by atoms with van der Waals surface area (Å²) >= 11 is 0. The van der Waals surface area contributed by atoms with E-state index >= 15 is 0 Å². The number of fused-ring (bicyclic) bond motifs is 1. The Morgan fingerprint density at radius 1 is 1.08 bits per heavy atom. The topological polar surface area (TPSA) is 87.5 Å². The Labute approximate surface area is 137 Å². The van der Waals surface area contributed by atoms with Crippen molar-refractivity contribution in [3.63, 3.8) is 0 Å². The molecule has 0 fully saturated rings. The second-order valence-corrected chi connectivity index (χ2v) is 5.21. The minimum Gasteiger partial charge on any atom is -0.459 e. The van der Waals surface area contributed by atoms with Crippen LogP contribution in [-0.4, -0.2) is 24.2 Å². The van der Waals surface area contributed by atoms with Crippen molar-refractivity contribution in [1.82, 2.24) is 0 Å². The summed E-state index contributed by atoms with van der Waals surface area (Å²) in [6.07, 6.45) is 0. The van der Waals surface area contributed by atoms with Crippen molar-refractivity contribution in [3.8, 4) is 6.07 Å². The number of nitrogens with zero attached hydrogens (tertiary/aromatic N) is 2. The van der Waals surface area contributed by atoms with Crippen LogP contribution in [0.4, 0.5) is 5.69 Å². The van der Waals surface area contributed by atoms with Gasteiger partial charge in [-0.3, -0.25) is 19.3 Å². The summed E-state index contributed by atoms with van der Waals surface area (Å²) < 4.78 is 5.14. The summed E-state index contributed by atoms with van der Waals surface area (Å²) in [7, 11) is 0. The Bertz CT molecular complexity index is 865. The molecule has 0 aliphatic carbocycles. The molecule has 0 bridgehead atoms. The van der Waals surface area contributed by atoms with Crippen molar-refractivity contribution in [2.45, 2.75) is 6.61 Å². The predicted octanol–water partition coefficient (Wildman–Crippen LogP) is 1.83. The van der Waals surface area contributed by atoms with Crippen LogP contribution in [-0.2, 0) is 20.9 Å². The summed E-state index contributed by atoms with van der Waals surface area (Å²) in [6.45, 7) is -0.292. The monoisotopic (exact) mass is 320 g/mol. The average molecular weight is 320 g/mol. The molecule has 1 heterocycles. The number of hydrogen-bond acceptors (Lipinski definition) is 5. The second-order valence-electron chi connectivity index (χ2n) is 5.21. The van der Waals surface area contributed by atoms with Gasteiger partial charge in [-0.15, -0.1) is 0 Å². The first-order chi connectivity index (χ1) is 11.6. The highest BCUT2D eigenvalue weighted by atomic mass is 16.5. The van der Waals surface area contributed by atoms with E-state index in [1.54, 1.807) is 48.5 Å². The van der Waals surface area contributed by atoms with Gasteiger partial charge in [0.25, 0.3) is 11.7 Å². The normalized spacial score (nSPS) is 12.7. The highest BCUT2D eigenvalue weighted by Crippen LogP contribution is 2.28. The zero-order valence-corrected chi connectivity index (χ0v) is 12.6. The van der Waals surface area contributed by atoms with Crippen molar-refractivity contribution in [2.75, 3.05) is 11.4 Å². The number of benzene rings is 2. The third kappa shape index (κ3) is 2.88. The maximum absolute atomic E-state index is 12.0. The second kappa shape index (κ2) is 6.34. The number of amides is 1. The third-order valence-electron chi connectivity index (χ3n) is 3.65. The number of hydrogen-bond donors (Lipinski definition) is 0. The number of Topliss-reactive ketones (excluding diaryl/α,β-unsaturated/α-hetero) is 1. The fraction of sp³-hybridized carbons (Fsp3) is 0.111. The Morgan fingerprint density at radius 3 is 2.50 bits per heavy atom. The maximum atomic E-state index is 12.0. The molecule has 2 aromatic rings. The molecule has 0 unspecified atom stereocenters. The predicted molar refractivity (Wildman–Crippen MR) is 84.1 cm³/mol. The van der Waals surface area contributed by atoms with Gasteiger partial charge in [-0.25, -0.2) is 0 Å². The number of para-hydroxylation sites is 1. The van der Waals surface area contributed by atoms with E-state index < -0.39 is 17.7 Å². The molecular weight excluding hydrogens is 308 g/mol. The molecule has 0 spiro atoms. The first-order valence-electron chi connectivity index (χ1n) is 7.20. The molecule has 24 heavy (non-hydrogen) atoms. The molecule has 0 aromatic heterocycles. The highest BCUT2D eigenvalue weighted by Gasteiger charge is 2.36. The lowest BCUT2D eigenvalue weighted by molar-refractivity contribution is -0.143. The van der Waals surface area contributed by atoms with Gasteiger partial charge in [-0.05, 0) is 29.8 Å². The molecule has 3 rings (SSSR count). The summed E-state index contributed by atoms with van der Waals surface area (Å²) in [5.74, 6) is -1.96. The van der Waals surface area contributed by atoms with Gasteiger partial charge in [0.05, 0.1) is 22.9 Å². The van der Waals surface area contributed by atoms with E-state index in [9.17, 15) is 14.4 Å². The highest BCUT2D eigenvalue weighted by molar-refractivity contribution is 6.52. The Morgan fingerprint density at radius 2 is 1.79 bits per heavy atom. The maximum Gasteiger partial charge on any atom is 0.326 e. The van der Waals surface area contributed by atoms with Gasteiger partial charge in [0.15, 0.2) is 0 Å². The number of nitriles is 1. The molecule has 118 valence electrons. The van der Waals surface area contributed by atoms with E-state index in [0.717, 1.165) is 10.5 Å². The van der Waals surface area contributed by atoms with E-state index in [4.69, 9.17) is 10.00 Å². The van der Waals surface area contributed by atoms with Crippen LogP contribution in [0.1, 0.15) is 21.5 Å². The molecule has 0 saturated carbocycles. The lowest BCUT2D eigenvalue weighted by atomic mass is 10.1. The molecule has 2 aromatic carbocycles. The Kier molecular flexibility index (Phi) is 4.08. The molecule has 1 aliphatic heterocycles. The molecule has 1 amide bonds. The van der Waals surface area contributed by atoms with Crippen molar-refractivity contribution >= 4 is 23.3 Å². The van der Waals surface area contributed by atoms with E-state index in [2.05, 4.69) is 0 Å². The van der Waals surface area contributed by atoms with Crippen LogP contribution in [0.15, 0.2) is 48.5 Å². The van der Waals surface area contributed by atoms with E-state index in [1.165, 1.54) is 0 Å². The van der Waals surface area contributed by atoms with Crippen LogP contribution in [0.3, 0.4) is 0 Å². The average Bonchev–Trinajstić information content (AvgIpc) is 2.86. The summed E-state index contributed by atoms with van der Waals surface area (Å²) in [5.41, 5.74) is 1.96. The van der Waals surface area contributed by atoms with Gasteiger partial charge in [0.1, 0.15) is 13.2 Å². The van der Waals surface area contributed by atoms with Crippen LogP contribution in [0.25, 0.3) is 0 Å². The lowest BCUT2D eigenvalue weighted by Gasteiger charge is -2.15. The molecule has 1 aliphatic rings. The van der Waals surface area contributed by atoms with Crippen LogP contribution >= 0.6 is 0 Å². The smallest absolute Gasteiger partial charge is 0.326 e. The van der Waals surface area contributed by atoms with Gasteiger partial charge in [0.2, 0.25) is 0 Å². The number of esters is 1. The fourth-order valence-corrected chi connectivity index (χ4v) is 2.42. The first kappa shape index (κ1) is 15.4.